The molecule has 23 heavy (non-hydrogen) atoms. The number of hydrogen-bond donors (Lipinski definition) is 2. The number of carbonyl (C=O) groups excluding carboxylic acids is 2. The van der Waals surface area contributed by atoms with Gasteiger partial charge in [-0.05, 0) is 45.7 Å². The molecule has 1 atom stereocenters. The molecule has 1 aromatic rings. The molecule has 0 fully saturated rings. The number of aryl methyl sites for hydroxylation is 1. The number of carboxylic acid groups (broad SMARTS) is 1. The van der Waals surface area contributed by atoms with E-state index < -0.39 is 23.7 Å². The van der Waals surface area contributed by atoms with Crippen molar-refractivity contribution in [2.24, 2.45) is 0 Å². The zero-order chi connectivity index (χ0) is 17.8. The predicted octanol–water partition coefficient (Wildman–Crippen LogP) is 2.72. The number of nitrogens with one attached hydrogen (secondary N) is 1. The van der Waals surface area contributed by atoms with Crippen molar-refractivity contribution in [1.29, 1.82) is 0 Å². The third-order valence-electron chi connectivity index (χ3n) is 3.15. The molecule has 0 spiro atoms. The average molecular weight is 321 g/mol. The molecule has 0 aliphatic carbocycles. The first-order chi connectivity index (χ1) is 10.5. The van der Waals surface area contributed by atoms with Gasteiger partial charge < -0.3 is 15.2 Å². The van der Waals surface area contributed by atoms with Crippen molar-refractivity contribution in [3.63, 3.8) is 0 Å². The molecule has 6 heteroatoms. The van der Waals surface area contributed by atoms with Crippen LogP contribution in [0.25, 0.3) is 0 Å². The number of amides is 1. The van der Waals surface area contributed by atoms with E-state index in [4.69, 9.17) is 4.74 Å². The average Bonchev–Trinajstić information content (AvgIpc) is 2.35. The normalized spacial score (nSPS) is 12.4. The van der Waals surface area contributed by atoms with E-state index in [9.17, 15) is 19.5 Å². The van der Waals surface area contributed by atoms with Crippen molar-refractivity contribution >= 4 is 17.8 Å². The largest absolute Gasteiger partial charge is 0.478 e. The number of benzene rings is 1. The molecule has 0 bridgehead atoms. The Bertz CT molecular complexity index is 616. The molecular formula is C17H23NO5. The Morgan fingerprint density at radius 3 is 2.39 bits per heavy atom. The Labute approximate surface area is 135 Å². The molecule has 2 N–H and O–H groups in total. The first-order valence-electron chi connectivity index (χ1n) is 7.35. The first kappa shape index (κ1) is 18.7. The monoisotopic (exact) mass is 321 g/mol. The highest BCUT2D eigenvalue weighted by Crippen LogP contribution is 2.16. The fourth-order valence-electron chi connectivity index (χ4n) is 2.09. The molecule has 0 saturated heterocycles. The summed E-state index contributed by atoms with van der Waals surface area (Å²) in [6, 6.07) is 4.22. The quantitative estimate of drug-likeness (QED) is 0.870. The third kappa shape index (κ3) is 5.73. The van der Waals surface area contributed by atoms with Crippen molar-refractivity contribution < 1.29 is 24.2 Å². The highest BCUT2D eigenvalue weighted by molar-refractivity contribution is 5.95. The summed E-state index contributed by atoms with van der Waals surface area (Å²) in [7, 11) is 0. The molecule has 0 radical (unpaired) electrons. The number of carboxylic acids is 1. The Kier molecular flexibility index (Phi) is 5.90. The predicted molar refractivity (Wildman–Crippen MR) is 85.7 cm³/mol. The maximum absolute atomic E-state index is 12.2. The van der Waals surface area contributed by atoms with Gasteiger partial charge in [-0.3, -0.25) is 4.79 Å². The minimum absolute atomic E-state index is 0.0692. The van der Waals surface area contributed by atoms with E-state index in [0.29, 0.717) is 11.1 Å². The molecule has 1 rings (SSSR count). The number of alkyl carbamates (subject to hydrolysis) is 1. The zero-order valence-electron chi connectivity index (χ0n) is 14.1. The maximum atomic E-state index is 12.2. The van der Waals surface area contributed by atoms with Gasteiger partial charge in [-0.15, -0.1) is 0 Å². The summed E-state index contributed by atoms with van der Waals surface area (Å²) < 4.78 is 5.09. The maximum Gasteiger partial charge on any atom is 0.408 e. The third-order valence-corrected chi connectivity index (χ3v) is 3.15. The van der Waals surface area contributed by atoms with Gasteiger partial charge in [0, 0.05) is 6.42 Å². The molecule has 0 saturated carbocycles. The van der Waals surface area contributed by atoms with Crippen LogP contribution in [0.1, 0.15) is 49.2 Å². The lowest BCUT2D eigenvalue weighted by Crippen LogP contribution is -2.42. The van der Waals surface area contributed by atoms with Crippen LogP contribution >= 0.6 is 0 Å². The lowest BCUT2D eigenvalue weighted by molar-refractivity contribution is -0.120. The molecule has 6 nitrogen and oxygen atoms in total. The number of aromatic carboxylic acids is 1. The van der Waals surface area contributed by atoms with Crippen LogP contribution in [-0.2, 0) is 16.0 Å². The lowest BCUT2D eigenvalue weighted by atomic mass is 9.96. The fraction of sp³-hybridized carbons (Fsp3) is 0.471. The second-order valence-electron chi connectivity index (χ2n) is 6.43. The number of Topliss-reactive ketones (excluding diaryl/α,β-unsaturated/α-hetero) is 1. The van der Waals surface area contributed by atoms with Crippen molar-refractivity contribution in [3.05, 3.63) is 34.9 Å². The van der Waals surface area contributed by atoms with Gasteiger partial charge in [0.05, 0.1) is 11.6 Å². The molecule has 0 aliphatic heterocycles. The Morgan fingerprint density at radius 2 is 1.87 bits per heavy atom. The Hall–Kier alpha value is -2.37. The summed E-state index contributed by atoms with van der Waals surface area (Å²) in [5.74, 6) is -1.36. The van der Waals surface area contributed by atoms with Gasteiger partial charge in [0.15, 0.2) is 5.78 Å². The van der Waals surface area contributed by atoms with E-state index in [0.717, 1.165) is 0 Å². The molecule has 1 aromatic carbocycles. The molecule has 126 valence electrons. The lowest BCUT2D eigenvalue weighted by Gasteiger charge is -2.21. The van der Waals surface area contributed by atoms with Crippen LogP contribution < -0.4 is 5.32 Å². The highest BCUT2D eigenvalue weighted by Gasteiger charge is 2.22. The second kappa shape index (κ2) is 7.26. The minimum Gasteiger partial charge on any atom is -0.478 e. The summed E-state index contributed by atoms with van der Waals surface area (Å²) in [5, 5.41) is 11.7. The van der Waals surface area contributed by atoms with Gasteiger partial charge >= 0.3 is 12.1 Å². The fourth-order valence-corrected chi connectivity index (χ4v) is 2.09. The minimum atomic E-state index is -1.07. The van der Waals surface area contributed by atoms with Crippen molar-refractivity contribution in [1.82, 2.24) is 5.32 Å². The summed E-state index contributed by atoms with van der Waals surface area (Å²) >= 11 is 0. The molecule has 0 heterocycles. The van der Waals surface area contributed by atoms with Crippen LogP contribution in [-0.4, -0.2) is 34.6 Å². The van der Waals surface area contributed by atoms with E-state index >= 15 is 0 Å². The van der Waals surface area contributed by atoms with Gasteiger partial charge in [0.2, 0.25) is 0 Å². The Balaban J connectivity index is 2.79. The van der Waals surface area contributed by atoms with Gasteiger partial charge in [-0.1, -0.05) is 18.2 Å². The van der Waals surface area contributed by atoms with Gasteiger partial charge in [-0.25, -0.2) is 9.59 Å². The highest BCUT2D eigenvalue weighted by atomic mass is 16.6. The molecule has 0 aromatic heterocycles. The smallest absolute Gasteiger partial charge is 0.408 e. The molecule has 1 unspecified atom stereocenters. The van der Waals surface area contributed by atoms with Crippen LogP contribution in [0, 0.1) is 6.92 Å². The van der Waals surface area contributed by atoms with E-state index in [1.807, 2.05) is 0 Å². The van der Waals surface area contributed by atoms with Crippen molar-refractivity contribution in [2.45, 2.75) is 52.7 Å². The summed E-state index contributed by atoms with van der Waals surface area (Å²) in [5.41, 5.74) is 0.501. The molecular weight excluding hydrogens is 298 g/mol. The number of carbonyl (C=O) groups is 3. The number of ketones is 1. The first-order valence-corrected chi connectivity index (χ1v) is 7.35. The topological polar surface area (TPSA) is 92.7 Å². The van der Waals surface area contributed by atoms with Crippen LogP contribution in [0.4, 0.5) is 4.79 Å². The van der Waals surface area contributed by atoms with Gasteiger partial charge in [0.25, 0.3) is 0 Å². The van der Waals surface area contributed by atoms with E-state index in [-0.39, 0.29) is 17.8 Å². The number of rotatable bonds is 5. The van der Waals surface area contributed by atoms with E-state index in [1.165, 1.54) is 0 Å². The zero-order valence-corrected chi connectivity index (χ0v) is 14.1. The summed E-state index contributed by atoms with van der Waals surface area (Å²) in [4.78, 5) is 35.2. The van der Waals surface area contributed by atoms with Gasteiger partial charge in [0.1, 0.15) is 5.60 Å². The summed E-state index contributed by atoms with van der Waals surface area (Å²) in [6.07, 6.45) is -0.749. The van der Waals surface area contributed by atoms with Crippen LogP contribution in [0.2, 0.25) is 0 Å². The Morgan fingerprint density at radius 1 is 1.26 bits per heavy atom. The van der Waals surface area contributed by atoms with Crippen molar-refractivity contribution in [3.8, 4) is 0 Å². The van der Waals surface area contributed by atoms with Crippen LogP contribution in [0.5, 0.6) is 0 Å². The second-order valence-corrected chi connectivity index (χ2v) is 6.43. The van der Waals surface area contributed by atoms with Crippen LogP contribution in [0.3, 0.4) is 0 Å². The van der Waals surface area contributed by atoms with E-state index in [2.05, 4.69) is 5.32 Å². The molecule has 0 aliphatic rings. The standard InChI is InChI=1S/C17H23NO5/c1-10-7-6-8-12(14(10)15(20)21)9-13(19)11(2)18-16(22)23-17(3,4)5/h6-8,11H,9H2,1-5H3,(H,18,22)(H,20,21). The molecule has 1 amide bonds. The van der Waals surface area contributed by atoms with Gasteiger partial charge in [-0.2, -0.15) is 0 Å². The van der Waals surface area contributed by atoms with E-state index in [1.54, 1.807) is 52.8 Å². The van der Waals surface area contributed by atoms with Crippen molar-refractivity contribution in [2.75, 3.05) is 0 Å². The SMILES string of the molecule is Cc1cccc(CC(=O)C(C)NC(=O)OC(C)(C)C)c1C(=O)O. The summed E-state index contributed by atoms with van der Waals surface area (Å²) in [6.45, 7) is 8.41. The number of ether oxygens (including phenoxy) is 1. The van der Waals surface area contributed by atoms with Crippen LogP contribution in [0.15, 0.2) is 18.2 Å². The number of hydrogen-bond acceptors (Lipinski definition) is 4.